The highest BCUT2D eigenvalue weighted by Crippen LogP contribution is 2.27. The largest absolute Gasteiger partial charge is 0.465 e. The Morgan fingerprint density at radius 2 is 2.20 bits per heavy atom. The number of hydrogen-bond acceptors (Lipinski definition) is 3. The van der Waals surface area contributed by atoms with E-state index in [9.17, 15) is 4.79 Å². The monoisotopic (exact) mass is 205 g/mol. The van der Waals surface area contributed by atoms with Crippen LogP contribution in [0.5, 0.6) is 0 Å². The van der Waals surface area contributed by atoms with Gasteiger partial charge in [-0.05, 0) is 12.8 Å². The zero-order chi connectivity index (χ0) is 11.3. The normalized spacial score (nSPS) is 25.7. The average molecular weight is 205 g/mol. The van der Waals surface area contributed by atoms with Gasteiger partial charge in [-0.3, -0.25) is 4.79 Å². The summed E-state index contributed by atoms with van der Waals surface area (Å²) in [7, 11) is 0. The van der Waals surface area contributed by atoms with Gasteiger partial charge in [-0.25, -0.2) is 0 Å². The topological polar surface area (TPSA) is 50.1 Å². The van der Waals surface area contributed by atoms with Crippen LogP contribution in [0.25, 0.3) is 0 Å². The molecule has 1 aliphatic carbocycles. The van der Waals surface area contributed by atoms with Crippen LogP contribution in [0.2, 0.25) is 0 Å². The molecule has 3 heteroatoms. The molecule has 0 heterocycles. The minimum absolute atomic E-state index is 0.0703. The third-order valence-electron chi connectivity index (χ3n) is 2.53. The van der Waals surface area contributed by atoms with Gasteiger partial charge in [0.2, 0.25) is 0 Å². The lowest BCUT2D eigenvalue weighted by atomic mass is 9.80. The Morgan fingerprint density at radius 3 is 2.73 bits per heavy atom. The molecule has 1 unspecified atom stereocenters. The first-order valence-corrected chi connectivity index (χ1v) is 5.12. The maximum absolute atomic E-state index is 11.5. The molecule has 0 aromatic heterocycles. The molecule has 0 N–H and O–H groups in total. The fraction of sp³-hybridized carbons (Fsp3) is 0.500. The van der Waals surface area contributed by atoms with E-state index in [0.717, 1.165) is 0 Å². The summed E-state index contributed by atoms with van der Waals surface area (Å²) in [5.74, 6) is -0.985. The molecular weight excluding hydrogens is 190 g/mol. The zero-order valence-corrected chi connectivity index (χ0v) is 9.01. The van der Waals surface area contributed by atoms with Crippen molar-refractivity contribution in [2.24, 2.45) is 17.8 Å². The van der Waals surface area contributed by atoms with Gasteiger partial charge in [0.15, 0.2) is 5.92 Å². The van der Waals surface area contributed by atoms with Crippen LogP contribution in [0.1, 0.15) is 13.8 Å². The van der Waals surface area contributed by atoms with Gasteiger partial charge in [-0.2, -0.15) is 5.26 Å². The first-order valence-electron chi connectivity index (χ1n) is 5.12. The van der Waals surface area contributed by atoms with Crippen LogP contribution in [0.3, 0.4) is 0 Å². The van der Waals surface area contributed by atoms with Crippen molar-refractivity contribution in [3.05, 3.63) is 24.3 Å². The van der Waals surface area contributed by atoms with E-state index in [1.807, 2.05) is 37.3 Å². The molecule has 0 aromatic rings. The Bertz CT molecular complexity index is 325. The third kappa shape index (κ3) is 2.69. The van der Waals surface area contributed by atoms with Crippen LogP contribution in [0, 0.1) is 29.1 Å². The fourth-order valence-electron chi connectivity index (χ4n) is 1.68. The van der Waals surface area contributed by atoms with E-state index < -0.39 is 11.9 Å². The van der Waals surface area contributed by atoms with Crippen LogP contribution in [0.4, 0.5) is 0 Å². The Balaban J connectivity index is 2.75. The summed E-state index contributed by atoms with van der Waals surface area (Å²) in [4.78, 5) is 11.5. The van der Waals surface area contributed by atoms with E-state index in [-0.39, 0.29) is 11.8 Å². The number of allylic oxidation sites excluding steroid dienone is 4. The molecule has 0 fully saturated rings. The summed E-state index contributed by atoms with van der Waals surface area (Å²) in [6, 6.07) is 2.03. The van der Waals surface area contributed by atoms with Crippen molar-refractivity contribution >= 4 is 5.97 Å². The van der Waals surface area contributed by atoms with Crippen LogP contribution in [0.15, 0.2) is 24.3 Å². The van der Waals surface area contributed by atoms with Crippen molar-refractivity contribution in [1.29, 1.82) is 5.26 Å². The number of carbonyl (C=O) groups excluding carboxylic acids is 1. The van der Waals surface area contributed by atoms with E-state index in [0.29, 0.717) is 6.61 Å². The standard InChI is InChI=1S/C12H15NO2/c1-3-15-12(14)11(8-13)10-7-5-4-6-9(10)2/h4-7,9-11H,3H2,1-2H3/t9-,10+,11?/m1/s1. The van der Waals surface area contributed by atoms with Gasteiger partial charge in [-0.1, -0.05) is 31.2 Å². The van der Waals surface area contributed by atoms with E-state index in [2.05, 4.69) is 0 Å². The molecule has 3 atom stereocenters. The van der Waals surface area contributed by atoms with E-state index >= 15 is 0 Å². The predicted octanol–water partition coefficient (Wildman–Crippen LogP) is 2.07. The predicted molar refractivity (Wildman–Crippen MR) is 56.7 cm³/mol. The van der Waals surface area contributed by atoms with Crippen LogP contribution in [-0.2, 0) is 9.53 Å². The highest BCUT2D eigenvalue weighted by atomic mass is 16.5. The second-order valence-corrected chi connectivity index (χ2v) is 3.57. The second-order valence-electron chi connectivity index (χ2n) is 3.57. The molecule has 0 amide bonds. The lowest BCUT2D eigenvalue weighted by Gasteiger charge is -2.23. The Kier molecular flexibility index (Phi) is 4.11. The molecule has 0 spiro atoms. The van der Waals surface area contributed by atoms with Gasteiger partial charge >= 0.3 is 5.97 Å². The lowest BCUT2D eigenvalue weighted by molar-refractivity contribution is -0.147. The van der Waals surface area contributed by atoms with Gasteiger partial charge in [0, 0.05) is 5.92 Å². The maximum atomic E-state index is 11.5. The molecule has 0 saturated carbocycles. The summed E-state index contributed by atoms with van der Waals surface area (Å²) in [5, 5.41) is 8.98. The fourth-order valence-corrected chi connectivity index (χ4v) is 1.68. The number of hydrogen-bond donors (Lipinski definition) is 0. The summed E-state index contributed by atoms with van der Waals surface area (Å²) in [5.41, 5.74) is 0. The van der Waals surface area contributed by atoms with Gasteiger partial charge in [0.25, 0.3) is 0 Å². The minimum atomic E-state index is -0.693. The first-order chi connectivity index (χ1) is 7.20. The highest BCUT2D eigenvalue weighted by Gasteiger charge is 2.31. The Labute approximate surface area is 90.0 Å². The van der Waals surface area contributed by atoms with Crippen molar-refractivity contribution in [2.75, 3.05) is 6.61 Å². The van der Waals surface area contributed by atoms with Gasteiger partial charge in [0.1, 0.15) is 0 Å². The molecule has 1 rings (SSSR count). The highest BCUT2D eigenvalue weighted by molar-refractivity contribution is 5.76. The van der Waals surface area contributed by atoms with Crippen molar-refractivity contribution in [3.63, 3.8) is 0 Å². The van der Waals surface area contributed by atoms with Crippen LogP contribution in [-0.4, -0.2) is 12.6 Å². The quantitative estimate of drug-likeness (QED) is 0.663. The molecular formula is C12H15NO2. The molecule has 0 radical (unpaired) electrons. The van der Waals surface area contributed by atoms with Gasteiger partial charge in [-0.15, -0.1) is 0 Å². The molecule has 80 valence electrons. The first kappa shape index (κ1) is 11.5. The number of carbonyl (C=O) groups is 1. The zero-order valence-electron chi connectivity index (χ0n) is 9.01. The summed E-state index contributed by atoms with van der Waals surface area (Å²) >= 11 is 0. The van der Waals surface area contributed by atoms with Crippen molar-refractivity contribution in [3.8, 4) is 6.07 Å². The van der Waals surface area contributed by atoms with Crippen LogP contribution < -0.4 is 0 Å². The van der Waals surface area contributed by atoms with E-state index in [1.165, 1.54) is 0 Å². The van der Waals surface area contributed by atoms with Crippen molar-refractivity contribution < 1.29 is 9.53 Å². The lowest BCUT2D eigenvalue weighted by Crippen LogP contribution is -2.28. The molecule has 0 bridgehead atoms. The summed E-state index contributed by atoms with van der Waals surface area (Å²) in [6.45, 7) is 4.05. The molecule has 3 nitrogen and oxygen atoms in total. The maximum Gasteiger partial charge on any atom is 0.323 e. The van der Waals surface area contributed by atoms with Gasteiger partial charge in [0.05, 0.1) is 12.7 Å². The number of rotatable bonds is 3. The molecule has 0 aromatic carbocycles. The second kappa shape index (κ2) is 5.35. The SMILES string of the molecule is CCOC(=O)C(C#N)[C@H]1C=CC=C[C@H]1C. The molecule has 1 aliphatic rings. The van der Waals surface area contributed by atoms with Gasteiger partial charge < -0.3 is 4.74 Å². The van der Waals surface area contributed by atoms with E-state index in [4.69, 9.17) is 10.00 Å². The van der Waals surface area contributed by atoms with Crippen molar-refractivity contribution in [1.82, 2.24) is 0 Å². The smallest absolute Gasteiger partial charge is 0.323 e. The molecule has 15 heavy (non-hydrogen) atoms. The number of nitriles is 1. The molecule has 0 saturated heterocycles. The Morgan fingerprint density at radius 1 is 1.53 bits per heavy atom. The number of ether oxygens (including phenoxy) is 1. The number of esters is 1. The summed E-state index contributed by atoms with van der Waals surface area (Å²) in [6.07, 6.45) is 7.69. The third-order valence-corrected chi connectivity index (χ3v) is 2.53. The minimum Gasteiger partial charge on any atom is -0.465 e. The Hall–Kier alpha value is -1.56. The summed E-state index contributed by atoms with van der Waals surface area (Å²) < 4.78 is 4.88. The average Bonchev–Trinajstić information content (AvgIpc) is 2.22. The molecule has 0 aliphatic heterocycles. The number of nitrogens with zero attached hydrogens (tertiary/aromatic N) is 1. The van der Waals surface area contributed by atoms with Crippen molar-refractivity contribution in [2.45, 2.75) is 13.8 Å². The van der Waals surface area contributed by atoms with E-state index in [1.54, 1.807) is 6.92 Å². The van der Waals surface area contributed by atoms with Crippen LogP contribution >= 0.6 is 0 Å².